The first-order chi connectivity index (χ1) is 12.5. The Balaban J connectivity index is 1.57. The third kappa shape index (κ3) is 3.63. The van der Waals surface area contributed by atoms with E-state index < -0.39 is 6.04 Å². The lowest BCUT2D eigenvalue weighted by molar-refractivity contribution is -0.132. The highest BCUT2D eigenvalue weighted by atomic mass is 19.1. The Morgan fingerprint density at radius 2 is 2.19 bits per heavy atom. The van der Waals surface area contributed by atoms with Crippen LogP contribution < -0.4 is 15.5 Å². The van der Waals surface area contributed by atoms with Crippen molar-refractivity contribution in [3.05, 3.63) is 29.6 Å². The van der Waals surface area contributed by atoms with Crippen LogP contribution in [0, 0.1) is 5.82 Å². The monoisotopic (exact) mass is 362 g/mol. The van der Waals surface area contributed by atoms with E-state index in [0.717, 1.165) is 17.7 Å². The molecule has 0 radical (unpaired) electrons. The molecule has 0 bridgehead atoms. The van der Waals surface area contributed by atoms with Crippen molar-refractivity contribution >= 4 is 23.9 Å². The Morgan fingerprint density at radius 3 is 2.92 bits per heavy atom. The van der Waals surface area contributed by atoms with Gasteiger partial charge < -0.3 is 20.4 Å². The van der Waals surface area contributed by atoms with Crippen molar-refractivity contribution in [2.45, 2.75) is 31.3 Å². The Bertz CT molecular complexity index is 712. The number of amides is 3. The summed E-state index contributed by atoms with van der Waals surface area (Å²) in [5.74, 6) is -0.595. The quantitative estimate of drug-likeness (QED) is 0.700. The van der Waals surface area contributed by atoms with Gasteiger partial charge in [-0.05, 0) is 30.5 Å². The van der Waals surface area contributed by atoms with E-state index in [9.17, 15) is 18.8 Å². The van der Waals surface area contributed by atoms with Crippen LogP contribution in [0.3, 0.4) is 0 Å². The van der Waals surface area contributed by atoms with Crippen molar-refractivity contribution in [1.29, 1.82) is 0 Å². The summed E-state index contributed by atoms with van der Waals surface area (Å²) in [6, 6.07) is 4.30. The number of piperazine rings is 1. The standard InChI is InChI=1S/C18H23FN4O3/c1-20-18(26)15(21-11-24)4-5-17(25)22-6-7-23-14(10-22)8-12-2-3-13(19)9-16(12)23/h2-3,9,11,14-15H,4-8,10H2,1H3,(H,20,26)(H,21,24). The number of likely N-dealkylation sites (N-methyl/N-ethyl adjacent to an activating group) is 1. The molecule has 1 aromatic rings. The minimum Gasteiger partial charge on any atom is -0.364 e. The fraction of sp³-hybridized carbons (Fsp3) is 0.500. The predicted molar refractivity (Wildman–Crippen MR) is 94.1 cm³/mol. The molecule has 2 N–H and O–H groups in total. The second kappa shape index (κ2) is 7.72. The zero-order chi connectivity index (χ0) is 18.7. The van der Waals surface area contributed by atoms with Gasteiger partial charge >= 0.3 is 0 Å². The van der Waals surface area contributed by atoms with Crippen LogP contribution in [0.5, 0.6) is 0 Å². The normalized spacial score (nSPS) is 19.4. The molecule has 0 saturated carbocycles. The summed E-state index contributed by atoms with van der Waals surface area (Å²) >= 11 is 0. The van der Waals surface area contributed by atoms with E-state index in [1.807, 2.05) is 6.07 Å². The SMILES string of the molecule is CNC(=O)C(CCC(=O)N1CCN2c3cc(F)ccc3CC2C1)NC=O. The highest BCUT2D eigenvalue weighted by Crippen LogP contribution is 2.34. The van der Waals surface area contributed by atoms with Gasteiger partial charge in [0.25, 0.3) is 0 Å². The van der Waals surface area contributed by atoms with Gasteiger partial charge in [-0.25, -0.2) is 4.39 Å². The lowest BCUT2D eigenvalue weighted by Gasteiger charge is -2.39. The first-order valence-corrected chi connectivity index (χ1v) is 8.77. The van der Waals surface area contributed by atoms with E-state index in [1.165, 1.54) is 13.1 Å². The molecule has 7 nitrogen and oxygen atoms in total. The number of hydrogen-bond acceptors (Lipinski definition) is 4. The molecular formula is C18H23FN4O3. The van der Waals surface area contributed by atoms with Gasteiger partial charge in [-0.15, -0.1) is 0 Å². The molecule has 2 atom stereocenters. The van der Waals surface area contributed by atoms with Crippen molar-refractivity contribution in [3.8, 4) is 0 Å². The minimum atomic E-state index is -0.707. The summed E-state index contributed by atoms with van der Waals surface area (Å²) in [5, 5.41) is 4.91. The van der Waals surface area contributed by atoms with Crippen LogP contribution in [0.25, 0.3) is 0 Å². The van der Waals surface area contributed by atoms with E-state index in [-0.39, 0.29) is 36.5 Å². The van der Waals surface area contributed by atoms with E-state index in [2.05, 4.69) is 15.5 Å². The van der Waals surface area contributed by atoms with Crippen LogP contribution in [0.4, 0.5) is 10.1 Å². The van der Waals surface area contributed by atoms with Crippen molar-refractivity contribution < 1.29 is 18.8 Å². The van der Waals surface area contributed by atoms with Crippen molar-refractivity contribution in [3.63, 3.8) is 0 Å². The average molecular weight is 362 g/mol. The van der Waals surface area contributed by atoms with Crippen LogP contribution in [0.1, 0.15) is 18.4 Å². The van der Waals surface area contributed by atoms with Crippen LogP contribution in [0.2, 0.25) is 0 Å². The summed E-state index contributed by atoms with van der Waals surface area (Å²) in [5.41, 5.74) is 2.04. The molecule has 0 aliphatic carbocycles. The first kappa shape index (κ1) is 18.2. The summed E-state index contributed by atoms with van der Waals surface area (Å²) < 4.78 is 13.5. The Labute approximate surface area is 151 Å². The molecule has 8 heteroatoms. The maximum Gasteiger partial charge on any atom is 0.242 e. The number of carbonyl (C=O) groups excluding carboxylic acids is 3. The molecular weight excluding hydrogens is 339 g/mol. The number of rotatable bonds is 6. The van der Waals surface area contributed by atoms with Gasteiger partial charge in [0.1, 0.15) is 11.9 Å². The summed E-state index contributed by atoms with van der Waals surface area (Å²) in [7, 11) is 1.49. The van der Waals surface area contributed by atoms with Crippen molar-refractivity contribution in [1.82, 2.24) is 15.5 Å². The highest BCUT2D eigenvalue weighted by Gasteiger charge is 2.35. The average Bonchev–Trinajstić information content (AvgIpc) is 3.01. The van der Waals surface area contributed by atoms with Gasteiger partial charge in [-0.1, -0.05) is 6.07 Å². The van der Waals surface area contributed by atoms with E-state index in [1.54, 1.807) is 11.0 Å². The first-order valence-electron chi connectivity index (χ1n) is 8.77. The molecule has 140 valence electrons. The summed E-state index contributed by atoms with van der Waals surface area (Å²) in [6.45, 7) is 1.82. The number of carbonyl (C=O) groups is 3. The topological polar surface area (TPSA) is 81.8 Å². The molecule has 2 heterocycles. The van der Waals surface area contributed by atoms with E-state index in [4.69, 9.17) is 0 Å². The second-order valence-electron chi connectivity index (χ2n) is 6.65. The van der Waals surface area contributed by atoms with Crippen LogP contribution in [-0.2, 0) is 20.8 Å². The Hall–Kier alpha value is -2.64. The number of nitrogens with one attached hydrogen (secondary N) is 2. The van der Waals surface area contributed by atoms with Crippen LogP contribution in [-0.4, -0.2) is 61.9 Å². The molecule has 3 rings (SSSR count). The van der Waals surface area contributed by atoms with E-state index >= 15 is 0 Å². The molecule has 2 aliphatic heterocycles. The number of fused-ring (bicyclic) bond motifs is 3. The fourth-order valence-electron chi connectivity index (χ4n) is 3.78. The van der Waals surface area contributed by atoms with Gasteiger partial charge in [0.05, 0.1) is 6.04 Å². The third-order valence-corrected chi connectivity index (χ3v) is 5.13. The number of nitrogens with zero attached hydrogens (tertiary/aromatic N) is 2. The lowest BCUT2D eigenvalue weighted by Crippen LogP contribution is -2.54. The summed E-state index contributed by atoms with van der Waals surface area (Å²) in [6.07, 6.45) is 1.71. The molecule has 2 unspecified atom stereocenters. The second-order valence-corrected chi connectivity index (χ2v) is 6.65. The number of hydrogen-bond donors (Lipinski definition) is 2. The lowest BCUT2D eigenvalue weighted by atomic mass is 10.1. The predicted octanol–water partition coefficient (Wildman–Crippen LogP) is 0.0398. The molecule has 1 aromatic carbocycles. The zero-order valence-corrected chi connectivity index (χ0v) is 14.7. The van der Waals surface area contributed by atoms with Crippen LogP contribution >= 0.6 is 0 Å². The van der Waals surface area contributed by atoms with Crippen molar-refractivity contribution in [2.75, 3.05) is 31.6 Å². The molecule has 26 heavy (non-hydrogen) atoms. The van der Waals surface area contributed by atoms with Crippen molar-refractivity contribution in [2.24, 2.45) is 0 Å². The largest absolute Gasteiger partial charge is 0.364 e. The smallest absolute Gasteiger partial charge is 0.242 e. The van der Waals surface area contributed by atoms with E-state index in [0.29, 0.717) is 26.0 Å². The van der Waals surface area contributed by atoms with Crippen LogP contribution in [0.15, 0.2) is 18.2 Å². The highest BCUT2D eigenvalue weighted by molar-refractivity contribution is 5.84. The van der Waals surface area contributed by atoms with Gasteiger partial charge in [-0.2, -0.15) is 0 Å². The molecule has 0 spiro atoms. The van der Waals surface area contributed by atoms with Gasteiger partial charge in [0.15, 0.2) is 0 Å². The Morgan fingerprint density at radius 1 is 1.38 bits per heavy atom. The number of anilines is 1. The van der Waals surface area contributed by atoms with Gasteiger partial charge in [-0.3, -0.25) is 14.4 Å². The Kier molecular flexibility index (Phi) is 5.39. The van der Waals surface area contributed by atoms with Gasteiger partial charge in [0.2, 0.25) is 18.2 Å². The minimum absolute atomic E-state index is 0.0339. The number of benzene rings is 1. The summed E-state index contributed by atoms with van der Waals surface area (Å²) in [4.78, 5) is 38.8. The maximum absolute atomic E-state index is 13.5. The molecule has 2 aliphatic rings. The molecule has 1 saturated heterocycles. The van der Waals surface area contributed by atoms with Gasteiger partial charge in [0, 0.05) is 38.8 Å². The molecule has 0 aromatic heterocycles. The number of halogens is 1. The molecule has 1 fully saturated rings. The maximum atomic E-state index is 13.5. The molecule has 3 amide bonds. The third-order valence-electron chi connectivity index (χ3n) is 5.13. The zero-order valence-electron chi connectivity index (χ0n) is 14.7. The fourth-order valence-corrected chi connectivity index (χ4v) is 3.78.